The third kappa shape index (κ3) is 3.18. The van der Waals surface area contributed by atoms with Crippen LogP contribution in [0.2, 0.25) is 10.0 Å². The minimum atomic E-state index is -0.329. The lowest BCUT2D eigenvalue weighted by atomic mass is 10.2. The smallest absolute Gasteiger partial charge is 0.279 e. The van der Waals surface area contributed by atoms with Crippen LogP contribution in [0.25, 0.3) is 10.2 Å². The summed E-state index contributed by atoms with van der Waals surface area (Å²) < 4.78 is 2.58. The lowest BCUT2D eigenvalue weighted by Gasteiger charge is -2.02. The van der Waals surface area contributed by atoms with Crippen LogP contribution in [0.15, 0.2) is 47.5 Å². The van der Waals surface area contributed by atoms with Gasteiger partial charge in [0.15, 0.2) is 4.80 Å². The van der Waals surface area contributed by atoms with E-state index < -0.39 is 0 Å². The van der Waals surface area contributed by atoms with Gasteiger partial charge in [-0.15, -0.1) is 6.42 Å². The summed E-state index contributed by atoms with van der Waals surface area (Å²) in [5.41, 5.74) is 1.25. The highest BCUT2D eigenvalue weighted by Crippen LogP contribution is 2.29. The fraction of sp³-hybridized carbons (Fsp3) is 0.0588. The van der Waals surface area contributed by atoms with Crippen LogP contribution in [-0.4, -0.2) is 10.5 Å². The van der Waals surface area contributed by atoms with Gasteiger partial charge in [-0.25, -0.2) is 0 Å². The number of rotatable bonds is 2. The summed E-state index contributed by atoms with van der Waals surface area (Å²) in [6.07, 6.45) is 5.44. The maximum absolute atomic E-state index is 12.3. The summed E-state index contributed by atoms with van der Waals surface area (Å²) in [5.74, 6) is 2.24. The van der Waals surface area contributed by atoms with Crippen molar-refractivity contribution in [2.45, 2.75) is 6.54 Å². The first-order valence-corrected chi connectivity index (χ1v) is 8.23. The van der Waals surface area contributed by atoms with Crippen molar-refractivity contribution in [3.05, 3.63) is 62.9 Å². The van der Waals surface area contributed by atoms with Gasteiger partial charge < -0.3 is 4.57 Å². The Morgan fingerprint density at radius 3 is 2.70 bits per heavy atom. The third-order valence-electron chi connectivity index (χ3n) is 3.16. The van der Waals surface area contributed by atoms with E-state index in [9.17, 15) is 4.79 Å². The standard InChI is InChI=1S/C17H10Cl2N2OS/c1-2-8-21-15-13(19)9-12(18)10-14(15)23-17(21)20-16(22)11-6-4-3-5-7-11/h1,3-7,9-10H,8H2. The zero-order valence-corrected chi connectivity index (χ0v) is 14.1. The molecule has 114 valence electrons. The first kappa shape index (κ1) is 15.8. The number of benzene rings is 2. The highest BCUT2D eigenvalue weighted by atomic mass is 35.5. The lowest BCUT2D eigenvalue weighted by molar-refractivity contribution is 0.0998. The lowest BCUT2D eigenvalue weighted by Crippen LogP contribution is -2.16. The average molecular weight is 361 g/mol. The molecule has 0 aliphatic carbocycles. The van der Waals surface area contributed by atoms with E-state index >= 15 is 0 Å². The molecule has 1 heterocycles. The predicted molar refractivity (Wildman–Crippen MR) is 95.0 cm³/mol. The van der Waals surface area contributed by atoms with Crippen molar-refractivity contribution >= 4 is 50.7 Å². The molecule has 3 rings (SSSR count). The highest BCUT2D eigenvalue weighted by Gasteiger charge is 2.12. The van der Waals surface area contributed by atoms with Crippen LogP contribution in [-0.2, 0) is 6.54 Å². The molecule has 6 heteroatoms. The van der Waals surface area contributed by atoms with Crippen LogP contribution in [0, 0.1) is 12.3 Å². The van der Waals surface area contributed by atoms with Gasteiger partial charge in [-0.2, -0.15) is 4.99 Å². The van der Waals surface area contributed by atoms with Crippen molar-refractivity contribution in [1.29, 1.82) is 0 Å². The number of aromatic nitrogens is 1. The van der Waals surface area contributed by atoms with E-state index in [0.717, 1.165) is 10.2 Å². The van der Waals surface area contributed by atoms with E-state index in [4.69, 9.17) is 29.6 Å². The number of nitrogens with zero attached hydrogens (tertiary/aromatic N) is 2. The number of thiazole rings is 1. The molecule has 0 radical (unpaired) electrons. The molecule has 0 aliphatic rings. The van der Waals surface area contributed by atoms with Crippen molar-refractivity contribution in [3.63, 3.8) is 0 Å². The number of hydrogen-bond donors (Lipinski definition) is 0. The Bertz CT molecular complexity index is 997. The number of carbonyl (C=O) groups is 1. The zero-order valence-electron chi connectivity index (χ0n) is 11.8. The van der Waals surface area contributed by atoms with Crippen LogP contribution in [0.4, 0.5) is 0 Å². The quantitative estimate of drug-likeness (QED) is 0.624. The SMILES string of the molecule is C#CCn1c(=NC(=O)c2ccccc2)sc2cc(Cl)cc(Cl)c21. The molecular formula is C17H10Cl2N2OS. The summed E-state index contributed by atoms with van der Waals surface area (Å²) >= 11 is 13.6. The minimum absolute atomic E-state index is 0.266. The van der Waals surface area contributed by atoms with Gasteiger partial charge in [0, 0.05) is 10.6 Å². The van der Waals surface area contributed by atoms with Gasteiger partial charge in [-0.05, 0) is 24.3 Å². The van der Waals surface area contributed by atoms with Crippen LogP contribution in [0.3, 0.4) is 0 Å². The highest BCUT2D eigenvalue weighted by molar-refractivity contribution is 7.16. The molecule has 0 N–H and O–H groups in total. The maximum Gasteiger partial charge on any atom is 0.279 e. The second-order valence-electron chi connectivity index (χ2n) is 4.69. The van der Waals surface area contributed by atoms with E-state index in [2.05, 4.69) is 10.9 Å². The van der Waals surface area contributed by atoms with Crippen LogP contribution >= 0.6 is 34.5 Å². The summed E-state index contributed by atoms with van der Waals surface area (Å²) in [4.78, 5) is 17.0. The average Bonchev–Trinajstić information content (AvgIpc) is 2.86. The van der Waals surface area contributed by atoms with Crippen LogP contribution < -0.4 is 4.80 Å². The number of fused-ring (bicyclic) bond motifs is 1. The largest absolute Gasteiger partial charge is 0.303 e. The van der Waals surface area contributed by atoms with E-state index in [1.807, 2.05) is 6.07 Å². The van der Waals surface area contributed by atoms with Gasteiger partial charge in [0.1, 0.15) is 0 Å². The maximum atomic E-state index is 12.3. The molecule has 0 unspecified atom stereocenters. The number of halogens is 2. The molecule has 0 aliphatic heterocycles. The summed E-state index contributed by atoms with van der Waals surface area (Å²) in [5, 5.41) is 1.00. The molecule has 1 aromatic heterocycles. The molecule has 0 atom stereocenters. The Hall–Kier alpha value is -2.06. The molecule has 23 heavy (non-hydrogen) atoms. The van der Waals surface area contributed by atoms with Crippen molar-refractivity contribution in [2.24, 2.45) is 4.99 Å². The third-order valence-corrected chi connectivity index (χ3v) is 4.69. The van der Waals surface area contributed by atoms with E-state index in [1.165, 1.54) is 11.3 Å². The Balaban J connectivity index is 2.23. The van der Waals surface area contributed by atoms with Gasteiger partial charge in [0.25, 0.3) is 5.91 Å². The topological polar surface area (TPSA) is 34.4 Å². The Morgan fingerprint density at radius 2 is 2.00 bits per heavy atom. The Morgan fingerprint density at radius 1 is 1.26 bits per heavy atom. The molecule has 2 aromatic carbocycles. The fourth-order valence-corrected chi connectivity index (χ4v) is 3.99. The molecule has 0 saturated carbocycles. The second-order valence-corrected chi connectivity index (χ2v) is 6.54. The zero-order chi connectivity index (χ0) is 16.4. The van der Waals surface area contributed by atoms with Crippen LogP contribution in [0.5, 0.6) is 0 Å². The first-order valence-electron chi connectivity index (χ1n) is 6.66. The molecule has 0 fully saturated rings. The van der Waals surface area contributed by atoms with Gasteiger partial charge in [0.05, 0.1) is 21.8 Å². The summed E-state index contributed by atoms with van der Waals surface area (Å²) in [7, 11) is 0. The van der Waals surface area contributed by atoms with E-state index in [-0.39, 0.29) is 12.5 Å². The second kappa shape index (κ2) is 6.59. The molecule has 1 amide bonds. The normalized spacial score (nSPS) is 11.6. The fourth-order valence-electron chi connectivity index (χ4n) is 2.18. The van der Waals surface area contributed by atoms with Crippen molar-refractivity contribution in [1.82, 2.24) is 4.57 Å². The first-order chi connectivity index (χ1) is 11.1. The Labute approximate surface area is 146 Å². The van der Waals surface area contributed by atoms with Gasteiger partial charge in [-0.3, -0.25) is 4.79 Å². The number of terminal acetylenes is 1. The number of carbonyl (C=O) groups excluding carboxylic acids is 1. The predicted octanol–water partition coefficient (Wildman–Crippen LogP) is 4.38. The van der Waals surface area contributed by atoms with Crippen molar-refractivity contribution in [2.75, 3.05) is 0 Å². The molecule has 3 aromatic rings. The molecule has 0 bridgehead atoms. The summed E-state index contributed by atoms with van der Waals surface area (Å²) in [6.45, 7) is 0.266. The van der Waals surface area contributed by atoms with Gasteiger partial charge in [-0.1, -0.05) is 58.7 Å². The summed E-state index contributed by atoms with van der Waals surface area (Å²) in [6, 6.07) is 12.3. The minimum Gasteiger partial charge on any atom is -0.303 e. The molecule has 0 saturated heterocycles. The van der Waals surface area contributed by atoms with Crippen LogP contribution in [0.1, 0.15) is 10.4 Å². The van der Waals surface area contributed by atoms with Gasteiger partial charge >= 0.3 is 0 Å². The molecule has 0 spiro atoms. The number of hydrogen-bond acceptors (Lipinski definition) is 2. The molecular weight excluding hydrogens is 351 g/mol. The van der Waals surface area contributed by atoms with Gasteiger partial charge in [0.2, 0.25) is 0 Å². The molecule has 3 nitrogen and oxygen atoms in total. The van der Waals surface area contributed by atoms with E-state index in [1.54, 1.807) is 41.0 Å². The monoisotopic (exact) mass is 360 g/mol. The Kier molecular flexibility index (Phi) is 4.53. The van der Waals surface area contributed by atoms with Crippen molar-refractivity contribution < 1.29 is 4.79 Å². The van der Waals surface area contributed by atoms with Crippen molar-refractivity contribution in [3.8, 4) is 12.3 Å². The number of amides is 1. The van der Waals surface area contributed by atoms with E-state index in [0.29, 0.717) is 20.4 Å².